The van der Waals surface area contributed by atoms with Crippen LogP contribution in [-0.2, 0) is 11.8 Å². The molecule has 0 saturated heterocycles. The summed E-state index contributed by atoms with van der Waals surface area (Å²) in [7, 11) is 0. The third-order valence-corrected chi connectivity index (χ3v) is 7.83. The number of halogens is 1. The highest BCUT2D eigenvalue weighted by molar-refractivity contribution is 7.21. The van der Waals surface area contributed by atoms with E-state index in [-0.39, 0.29) is 11.2 Å². The number of pyridine rings is 1. The van der Waals surface area contributed by atoms with Gasteiger partial charge >= 0.3 is 6.16 Å². The van der Waals surface area contributed by atoms with Crippen LogP contribution in [0.25, 0.3) is 20.9 Å². The van der Waals surface area contributed by atoms with Crippen molar-refractivity contribution in [3.63, 3.8) is 0 Å². The summed E-state index contributed by atoms with van der Waals surface area (Å²) in [5.74, 6) is 0.564. The monoisotopic (exact) mass is 476 g/mol. The van der Waals surface area contributed by atoms with Crippen LogP contribution in [0.15, 0.2) is 60.7 Å². The highest BCUT2D eigenvalue weighted by atomic mass is 32.1. The number of benzene rings is 2. The molecular formula is C27H25FN2O3S. The summed E-state index contributed by atoms with van der Waals surface area (Å²) in [6.45, 7) is 0. The van der Waals surface area contributed by atoms with E-state index in [9.17, 15) is 4.39 Å². The minimum absolute atomic E-state index is 0.0357. The lowest BCUT2D eigenvalue weighted by molar-refractivity contribution is 0.137. The van der Waals surface area contributed by atoms with Crippen LogP contribution in [0.1, 0.15) is 48.9 Å². The van der Waals surface area contributed by atoms with Crippen molar-refractivity contribution in [2.45, 2.75) is 43.9 Å². The van der Waals surface area contributed by atoms with Gasteiger partial charge in [-0.05, 0) is 60.6 Å². The first-order valence-electron chi connectivity index (χ1n) is 11.5. The van der Waals surface area contributed by atoms with Gasteiger partial charge in [0.25, 0.3) is 0 Å². The molecule has 2 fully saturated rings. The first-order valence-corrected chi connectivity index (χ1v) is 12.3. The predicted octanol–water partition coefficient (Wildman–Crippen LogP) is 7.14. The zero-order chi connectivity index (χ0) is 23.7. The average Bonchev–Trinajstić information content (AvgIpc) is 3.49. The Morgan fingerprint density at radius 2 is 1.76 bits per heavy atom. The zero-order valence-corrected chi connectivity index (χ0v) is 19.4. The Morgan fingerprint density at radius 3 is 2.38 bits per heavy atom. The first-order chi connectivity index (χ1) is 16.4. The van der Waals surface area contributed by atoms with Crippen molar-refractivity contribution in [2.75, 3.05) is 0 Å². The highest BCUT2D eigenvalue weighted by Gasteiger charge is 2.47. The van der Waals surface area contributed by atoms with Crippen molar-refractivity contribution in [3.05, 3.63) is 83.3 Å². The number of hydrogen-bond acceptors (Lipinski definition) is 4. The summed E-state index contributed by atoms with van der Waals surface area (Å²) in [5, 5.41) is 14.7. The van der Waals surface area contributed by atoms with Crippen LogP contribution in [0, 0.1) is 11.7 Å². The predicted molar refractivity (Wildman–Crippen MR) is 131 cm³/mol. The van der Waals surface area contributed by atoms with Crippen LogP contribution in [0.5, 0.6) is 0 Å². The van der Waals surface area contributed by atoms with Crippen molar-refractivity contribution >= 4 is 27.8 Å². The Balaban J connectivity index is 0.000000560. The lowest BCUT2D eigenvalue weighted by atomic mass is 9.81. The van der Waals surface area contributed by atoms with E-state index in [1.165, 1.54) is 36.2 Å². The maximum absolute atomic E-state index is 14.9. The normalized spacial score (nSPS) is 16.4. The third-order valence-electron chi connectivity index (χ3n) is 6.84. The largest absolute Gasteiger partial charge is 0.503 e. The lowest BCUT2D eigenvalue weighted by Crippen LogP contribution is -2.13. The van der Waals surface area contributed by atoms with Crippen molar-refractivity contribution in [2.24, 2.45) is 5.92 Å². The molecule has 2 aromatic carbocycles. The molecule has 0 aliphatic heterocycles. The molecule has 0 radical (unpaired) electrons. The second-order valence-corrected chi connectivity index (χ2v) is 10.1. The molecule has 0 amide bonds. The van der Waals surface area contributed by atoms with Crippen LogP contribution in [0.4, 0.5) is 9.18 Å². The Hall–Kier alpha value is -3.32. The van der Waals surface area contributed by atoms with E-state index in [1.54, 1.807) is 6.07 Å². The molecule has 0 unspecified atom stereocenters. The minimum atomic E-state index is -1.83. The topological polar surface area (TPSA) is 83.3 Å². The standard InChI is InChI=1S/C26H23FN2S.CH2O3/c27-21-16-18(15-17-5-4-6-17)9-10-20(21)24-28-22-11-12-23(29-25(22)30-24)26(13-14-26)19-7-2-1-3-8-19;2-1(3)4/h1-3,7-12,16-17H,4-6,13-15H2;(H2,2,3,4). The van der Waals surface area contributed by atoms with Crippen molar-refractivity contribution < 1.29 is 19.4 Å². The fraction of sp³-hybridized carbons (Fsp3) is 0.296. The summed E-state index contributed by atoms with van der Waals surface area (Å²) in [4.78, 5) is 19.1. The van der Waals surface area contributed by atoms with E-state index in [4.69, 9.17) is 25.0 Å². The number of carboxylic acid groups (broad SMARTS) is 2. The van der Waals surface area contributed by atoms with Gasteiger partial charge in [0.2, 0.25) is 0 Å². The number of thiazole rings is 1. The van der Waals surface area contributed by atoms with Gasteiger partial charge < -0.3 is 10.2 Å². The van der Waals surface area contributed by atoms with E-state index >= 15 is 0 Å². The van der Waals surface area contributed by atoms with Crippen LogP contribution < -0.4 is 0 Å². The van der Waals surface area contributed by atoms with Gasteiger partial charge in [-0.2, -0.15) is 0 Å². The number of rotatable bonds is 5. The maximum atomic E-state index is 14.9. The number of hydrogen-bond donors (Lipinski definition) is 2. The molecule has 0 spiro atoms. The molecule has 34 heavy (non-hydrogen) atoms. The molecule has 2 heterocycles. The third kappa shape index (κ3) is 4.53. The molecular weight excluding hydrogens is 451 g/mol. The SMILES string of the molecule is Fc1cc(CC2CCC2)ccc1-c1nc2ccc(C3(c4ccccc4)CC3)nc2s1.O=C(O)O. The number of fused-ring (bicyclic) bond motifs is 1. The van der Waals surface area contributed by atoms with Gasteiger partial charge in [-0.1, -0.05) is 67.0 Å². The highest BCUT2D eigenvalue weighted by Crippen LogP contribution is 2.53. The Bertz CT molecular complexity index is 1330. The van der Waals surface area contributed by atoms with Gasteiger partial charge in [0.15, 0.2) is 0 Å². The van der Waals surface area contributed by atoms with E-state index in [0.717, 1.165) is 46.8 Å². The zero-order valence-electron chi connectivity index (χ0n) is 18.6. The number of carbonyl (C=O) groups is 1. The summed E-state index contributed by atoms with van der Waals surface area (Å²) in [6, 6.07) is 20.4. The Morgan fingerprint density at radius 1 is 1.03 bits per heavy atom. The molecule has 174 valence electrons. The maximum Gasteiger partial charge on any atom is 0.503 e. The van der Waals surface area contributed by atoms with Crippen LogP contribution in [0.3, 0.4) is 0 Å². The molecule has 2 N–H and O–H groups in total. The molecule has 2 aromatic heterocycles. The molecule has 6 rings (SSSR count). The first kappa shape index (κ1) is 22.5. The number of nitrogens with zero attached hydrogens (tertiary/aromatic N) is 2. The smallest absolute Gasteiger partial charge is 0.450 e. The molecule has 2 saturated carbocycles. The summed E-state index contributed by atoms with van der Waals surface area (Å²) in [5.41, 5.74) is 5.00. The quantitative estimate of drug-likeness (QED) is 0.320. The van der Waals surface area contributed by atoms with E-state index in [1.807, 2.05) is 12.1 Å². The second kappa shape index (κ2) is 9.14. The van der Waals surface area contributed by atoms with E-state index < -0.39 is 6.16 Å². The summed E-state index contributed by atoms with van der Waals surface area (Å²) < 4.78 is 14.9. The molecule has 5 nitrogen and oxygen atoms in total. The Labute approximate surface area is 201 Å². The van der Waals surface area contributed by atoms with Crippen molar-refractivity contribution in [1.29, 1.82) is 0 Å². The van der Waals surface area contributed by atoms with E-state index in [2.05, 4.69) is 42.5 Å². The molecule has 7 heteroatoms. The molecule has 0 atom stereocenters. The van der Waals surface area contributed by atoms with Gasteiger partial charge in [0.05, 0.1) is 5.69 Å². The molecule has 2 aliphatic rings. The molecule has 0 bridgehead atoms. The molecule has 2 aliphatic carbocycles. The van der Waals surface area contributed by atoms with Crippen molar-refractivity contribution in [1.82, 2.24) is 9.97 Å². The van der Waals surface area contributed by atoms with Gasteiger partial charge in [0.1, 0.15) is 21.2 Å². The van der Waals surface area contributed by atoms with Crippen LogP contribution in [-0.4, -0.2) is 26.3 Å². The van der Waals surface area contributed by atoms with Crippen molar-refractivity contribution in [3.8, 4) is 10.6 Å². The fourth-order valence-electron chi connectivity index (χ4n) is 4.66. The number of aromatic nitrogens is 2. The van der Waals surface area contributed by atoms with Gasteiger partial charge in [-0.25, -0.2) is 19.2 Å². The van der Waals surface area contributed by atoms with Gasteiger partial charge in [0, 0.05) is 11.0 Å². The van der Waals surface area contributed by atoms with E-state index in [0.29, 0.717) is 10.6 Å². The molecule has 4 aromatic rings. The van der Waals surface area contributed by atoms with Gasteiger partial charge in [-0.15, -0.1) is 0 Å². The summed E-state index contributed by atoms with van der Waals surface area (Å²) in [6.07, 6.45) is 5.27. The average molecular weight is 477 g/mol. The van der Waals surface area contributed by atoms with Crippen LogP contribution >= 0.6 is 11.3 Å². The lowest BCUT2D eigenvalue weighted by Gasteiger charge is -2.25. The van der Waals surface area contributed by atoms with Gasteiger partial charge in [-0.3, -0.25) is 0 Å². The fourth-order valence-corrected chi connectivity index (χ4v) is 5.63. The Kier molecular flexibility index (Phi) is 6.04. The second-order valence-electron chi connectivity index (χ2n) is 9.09. The van der Waals surface area contributed by atoms with Crippen LogP contribution in [0.2, 0.25) is 0 Å². The minimum Gasteiger partial charge on any atom is -0.450 e. The summed E-state index contributed by atoms with van der Waals surface area (Å²) >= 11 is 1.49.